The van der Waals surface area contributed by atoms with Crippen molar-refractivity contribution >= 4 is 17.8 Å². The Labute approximate surface area is 150 Å². The van der Waals surface area contributed by atoms with Gasteiger partial charge in [-0.25, -0.2) is 4.79 Å². The van der Waals surface area contributed by atoms with Gasteiger partial charge in [0, 0.05) is 19.4 Å². The molecule has 1 unspecified atom stereocenters. The Morgan fingerprint density at radius 1 is 1.31 bits per heavy atom. The van der Waals surface area contributed by atoms with Crippen LogP contribution in [-0.2, 0) is 19.1 Å². The molecule has 1 heterocycles. The minimum Gasteiger partial charge on any atom is -0.478 e. The highest BCUT2D eigenvalue weighted by molar-refractivity contribution is 5.84. The van der Waals surface area contributed by atoms with Crippen LogP contribution in [0.1, 0.15) is 27.2 Å². The van der Waals surface area contributed by atoms with Crippen LogP contribution in [0.5, 0.6) is 0 Å². The minimum atomic E-state index is -1.68. The molecule has 1 aliphatic rings. The number of carbonyl (C=O) groups excluding carboxylic acids is 2. The van der Waals surface area contributed by atoms with Gasteiger partial charge >= 0.3 is 5.97 Å². The van der Waals surface area contributed by atoms with E-state index in [1.54, 1.807) is 6.92 Å². The Morgan fingerprint density at radius 3 is 2.42 bits per heavy atom. The van der Waals surface area contributed by atoms with Gasteiger partial charge in [0.1, 0.15) is 18.3 Å². The molecule has 0 aromatic rings. The van der Waals surface area contributed by atoms with Gasteiger partial charge in [-0.15, -0.1) is 0 Å². The van der Waals surface area contributed by atoms with E-state index in [4.69, 9.17) is 9.84 Å². The van der Waals surface area contributed by atoms with Gasteiger partial charge in [-0.3, -0.25) is 9.59 Å². The van der Waals surface area contributed by atoms with Gasteiger partial charge in [0.15, 0.2) is 6.10 Å². The van der Waals surface area contributed by atoms with Crippen LogP contribution in [0, 0.1) is 5.92 Å². The second-order valence-electron chi connectivity index (χ2n) is 6.25. The van der Waals surface area contributed by atoms with Crippen molar-refractivity contribution in [3.63, 3.8) is 0 Å². The molecule has 0 aliphatic carbocycles. The van der Waals surface area contributed by atoms with Gasteiger partial charge in [-0.05, 0) is 12.5 Å². The maximum atomic E-state index is 11.8. The number of nitrogens with one attached hydrogen (secondary N) is 2. The molecule has 0 aromatic carbocycles. The zero-order chi connectivity index (χ0) is 20.0. The molecular formula is C16H26N2O8. The maximum absolute atomic E-state index is 11.8. The molecule has 10 nitrogen and oxygen atoms in total. The van der Waals surface area contributed by atoms with E-state index in [9.17, 15) is 29.7 Å². The van der Waals surface area contributed by atoms with E-state index in [1.807, 2.05) is 6.92 Å². The first kappa shape index (κ1) is 21.9. The molecule has 10 heteroatoms. The first-order valence-electron chi connectivity index (χ1n) is 8.29. The standard InChI is InChI=1S/C16H26N2O8/c1-4-7(2)15(23)17-6-10(21)13(22)14-12(18-8(3)19)9(20)5-11(26-14)16(24)25/h5,7,9-10,12-14,20-22H,4,6H2,1-3H3,(H,17,23)(H,18,19)(H,24,25)/t7?,9-,10+,12+,13+,14+/m0/s1. The highest BCUT2D eigenvalue weighted by atomic mass is 16.5. The van der Waals surface area contributed by atoms with E-state index in [-0.39, 0.29) is 18.4 Å². The van der Waals surface area contributed by atoms with E-state index in [0.29, 0.717) is 6.42 Å². The lowest BCUT2D eigenvalue weighted by Gasteiger charge is -2.38. The summed E-state index contributed by atoms with van der Waals surface area (Å²) in [7, 11) is 0. The molecule has 1 rings (SSSR count). The predicted octanol–water partition coefficient (Wildman–Crippen LogP) is -1.90. The average Bonchev–Trinajstić information content (AvgIpc) is 2.58. The van der Waals surface area contributed by atoms with Crippen molar-refractivity contribution in [3.05, 3.63) is 11.8 Å². The SMILES string of the molecule is CCC(C)C(=O)NC[C@@H](O)[C@@H](O)[C@@H]1OC(C(=O)O)=C[C@H](O)[C@H]1NC(C)=O. The van der Waals surface area contributed by atoms with E-state index >= 15 is 0 Å². The molecule has 0 saturated carbocycles. The van der Waals surface area contributed by atoms with Crippen LogP contribution in [0.2, 0.25) is 0 Å². The van der Waals surface area contributed by atoms with Crippen LogP contribution in [-0.4, -0.2) is 75.2 Å². The predicted molar refractivity (Wildman–Crippen MR) is 88.7 cm³/mol. The minimum absolute atomic E-state index is 0.277. The Balaban J connectivity index is 2.88. The molecule has 6 atom stereocenters. The lowest BCUT2D eigenvalue weighted by Crippen LogP contribution is -2.60. The number of rotatable bonds is 8. The fourth-order valence-electron chi connectivity index (χ4n) is 2.42. The Morgan fingerprint density at radius 2 is 1.92 bits per heavy atom. The number of hydrogen-bond acceptors (Lipinski definition) is 7. The average molecular weight is 374 g/mol. The van der Waals surface area contributed by atoms with E-state index in [1.165, 1.54) is 6.92 Å². The van der Waals surface area contributed by atoms with Crippen LogP contribution in [0.3, 0.4) is 0 Å². The number of hydrogen-bond donors (Lipinski definition) is 6. The summed E-state index contributed by atoms with van der Waals surface area (Å²) in [6.45, 7) is 4.40. The number of aliphatic hydroxyl groups excluding tert-OH is 3. The van der Waals surface area contributed by atoms with Crippen molar-refractivity contribution in [2.24, 2.45) is 5.92 Å². The molecular weight excluding hydrogens is 348 g/mol. The highest BCUT2D eigenvalue weighted by Gasteiger charge is 2.43. The molecule has 0 radical (unpaired) electrons. The van der Waals surface area contributed by atoms with Gasteiger partial charge in [0.2, 0.25) is 17.6 Å². The second-order valence-corrected chi connectivity index (χ2v) is 6.25. The normalized spacial score (nSPS) is 25.9. The second kappa shape index (κ2) is 9.51. The summed E-state index contributed by atoms with van der Waals surface area (Å²) in [4.78, 5) is 34.2. The third-order valence-corrected chi connectivity index (χ3v) is 4.16. The van der Waals surface area contributed by atoms with Gasteiger partial charge in [0.05, 0.1) is 6.04 Å². The quantitative estimate of drug-likeness (QED) is 0.287. The Hall–Kier alpha value is -2.17. The molecule has 0 bridgehead atoms. The molecule has 1 aliphatic heterocycles. The summed E-state index contributed by atoms with van der Waals surface area (Å²) in [5.41, 5.74) is 0. The van der Waals surface area contributed by atoms with Gasteiger partial charge in [-0.2, -0.15) is 0 Å². The van der Waals surface area contributed by atoms with Gasteiger partial charge < -0.3 is 35.8 Å². The van der Waals surface area contributed by atoms with Crippen LogP contribution in [0.15, 0.2) is 11.8 Å². The molecule has 26 heavy (non-hydrogen) atoms. The number of carboxylic acids is 1. The van der Waals surface area contributed by atoms with Gasteiger partial charge in [0.25, 0.3) is 0 Å². The summed E-state index contributed by atoms with van der Waals surface area (Å²) in [6, 6.07) is -1.18. The van der Waals surface area contributed by atoms with Crippen LogP contribution < -0.4 is 10.6 Å². The zero-order valence-electron chi connectivity index (χ0n) is 14.9. The first-order valence-corrected chi connectivity index (χ1v) is 8.29. The van der Waals surface area contributed by atoms with Crippen molar-refractivity contribution in [2.45, 2.75) is 57.6 Å². The van der Waals surface area contributed by atoms with Crippen molar-refractivity contribution in [2.75, 3.05) is 6.54 Å². The van der Waals surface area contributed by atoms with E-state index < -0.39 is 48.1 Å². The Kier molecular flexibility index (Phi) is 8.00. The maximum Gasteiger partial charge on any atom is 0.370 e. The number of aliphatic carboxylic acids is 1. The van der Waals surface area contributed by atoms with Gasteiger partial charge in [-0.1, -0.05) is 13.8 Å². The van der Waals surface area contributed by atoms with Crippen LogP contribution in [0.4, 0.5) is 0 Å². The zero-order valence-corrected chi connectivity index (χ0v) is 14.9. The number of amides is 2. The van der Waals surface area contributed by atoms with Crippen molar-refractivity contribution < 1.29 is 39.5 Å². The molecule has 0 spiro atoms. The van der Waals surface area contributed by atoms with Crippen molar-refractivity contribution in [3.8, 4) is 0 Å². The third-order valence-electron chi connectivity index (χ3n) is 4.16. The van der Waals surface area contributed by atoms with E-state index in [0.717, 1.165) is 6.08 Å². The smallest absolute Gasteiger partial charge is 0.370 e. The third kappa shape index (κ3) is 5.68. The van der Waals surface area contributed by atoms with E-state index in [2.05, 4.69) is 10.6 Å². The Bertz CT molecular complexity index is 564. The number of carboxylic acid groups (broad SMARTS) is 1. The van der Waals surface area contributed by atoms with Crippen LogP contribution in [0.25, 0.3) is 0 Å². The van der Waals surface area contributed by atoms with Crippen LogP contribution >= 0.6 is 0 Å². The summed E-state index contributed by atoms with van der Waals surface area (Å²) in [5.74, 6) is -3.21. The summed E-state index contributed by atoms with van der Waals surface area (Å²) >= 11 is 0. The lowest BCUT2D eigenvalue weighted by atomic mass is 9.93. The molecule has 6 N–H and O–H groups in total. The summed E-state index contributed by atoms with van der Waals surface area (Å²) < 4.78 is 5.15. The number of carbonyl (C=O) groups is 3. The first-order chi connectivity index (χ1) is 12.1. The molecule has 0 fully saturated rings. The lowest BCUT2D eigenvalue weighted by molar-refractivity contribution is -0.147. The highest BCUT2D eigenvalue weighted by Crippen LogP contribution is 2.23. The number of ether oxygens (including phenoxy) is 1. The number of aliphatic hydroxyl groups is 3. The summed E-state index contributed by atoms with van der Waals surface area (Å²) in [6.07, 6.45) is -4.57. The summed E-state index contributed by atoms with van der Waals surface area (Å²) in [5, 5.41) is 44.4. The topological polar surface area (TPSA) is 165 Å². The molecule has 2 amide bonds. The monoisotopic (exact) mass is 374 g/mol. The van der Waals surface area contributed by atoms with Crippen molar-refractivity contribution in [1.82, 2.24) is 10.6 Å². The fraction of sp³-hybridized carbons (Fsp3) is 0.688. The molecule has 0 aromatic heterocycles. The largest absolute Gasteiger partial charge is 0.478 e. The molecule has 0 saturated heterocycles. The molecule has 148 valence electrons. The fourth-order valence-corrected chi connectivity index (χ4v) is 2.42. The van der Waals surface area contributed by atoms with Crippen molar-refractivity contribution in [1.29, 1.82) is 0 Å².